The van der Waals surface area contributed by atoms with Crippen molar-refractivity contribution in [3.05, 3.63) is 28.8 Å². The van der Waals surface area contributed by atoms with Gasteiger partial charge < -0.3 is 4.74 Å². The number of hydrogen-bond acceptors (Lipinski definition) is 3. The van der Waals surface area contributed by atoms with Crippen molar-refractivity contribution in [1.29, 1.82) is 0 Å². The monoisotopic (exact) mass is 337 g/mol. The molecule has 0 radical (unpaired) electrons. The molecule has 112 valence electrons. The van der Waals surface area contributed by atoms with Crippen LogP contribution in [-0.2, 0) is 20.6 Å². The Bertz CT molecular complexity index is 581. The second-order valence-electron chi connectivity index (χ2n) is 4.98. The average Bonchev–Trinajstić information content (AvgIpc) is 2.38. The lowest BCUT2D eigenvalue weighted by molar-refractivity contribution is -0.0440. The third-order valence-electron chi connectivity index (χ3n) is 3.15. The van der Waals surface area contributed by atoms with Gasteiger partial charge in [0.05, 0.1) is 17.2 Å². The zero-order valence-electron chi connectivity index (χ0n) is 11.3. The second kappa shape index (κ2) is 6.20. The standard InChI is InChI=1S/C13H17Cl2NO3S/c1-9-7-16(8-10(2)19-9)20(17,18)13-5-11(6-14)3-4-12(13)15/h3-5,9-10H,6-8H2,1-2H3. The molecule has 0 aliphatic carbocycles. The number of hydrogen-bond donors (Lipinski definition) is 0. The minimum absolute atomic E-state index is 0.110. The summed E-state index contributed by atoms with van der Waals surface area (Å²) in [6, 6.07) is 4.83. The van der Waals surface area contributed by atoms with Gasteiger partial charge in [0, 0.05) is 19.0 Å². The third-order valence-corrected chi connectivity index (χ3v) is 5.78. The Morgan fingerprint density at radius 1 is 1.30 bits per heavy atom. The van der Waals surface area contributed by atoms with E-state index < -0.39 is 10.0 Å². The van der Waals surface area contributed by atoms with Crippen LogP contribution in [0.1, 0.15) is 19.4 Å². The van der Waals surface area contributed by atoms with Crippen LogP contribution in [-0.4, -0.2) is 38.0 Å². The topological polar surface area (TPSA) is 46.6 Å². The number of rotatable bonds is 3. The highest BCUT2D eigenvalue weighted by Gasteiger charge is 2.33. The minimum Gasteiger partial charge on any atom is -0.373 e. The van der Waals surface area contributed by atoms with E-state index in [1.807, 2.05) is 13.8 Å². The first-order valence-corrected chi connectivity index (χ1v) is 8.70. The van der Waals surface area contributed by atoms with Crippen molar-refractivity contribution < 1.29 is 13.2 Å². The Morgan fingerprint density at radius 3 is 2.45 bits per heavy atom. The van der Waals surface area contributed by atoms with Crippen molar-refractivity contribution >= 4 is 33.2 Å². The SMILES string of the molecule is CC1CN(S(=O)(=O)c2cc(CCl)ccc2Cl)CC(C)O1. The number of morpholine rings is 1. The molecule has 2 atom stereocenters. The number of halogens is 2. The molecule has 4 nitrogen and oxygen atoms in total. The molecule has 1 aromatic rings. The van der Waals surface area contributed by atoms with Gasteiger partial charge in [0.25, 0.3) is 0 Å². The van der Waals surface area contributed by atoms with Gasteiger partial charge in [-0.05, 0) is 31.5 Å². The third kappa shape index (κ3) is 3.28. The summed E-state index contributed by atoms with van der Waals surface area (Å²) < 4.78 is 32.4. The minimum atomic E-state index is -3.63. The molecule has 0 amide bonds. The summed E-state index contributed by atoms with van der Waals surface area (Å²) in [5.41, 5.74) is 0.726. The van der Waals surface area contributed by atoms with Gasteiger partial charge in [-0.15, -0.1) is 11.6 Å². The van der Waals surface area contributed by atoms with E-state index >= 15 is 0 Å². The van der Waals surface area contributed by atoms with Crippen LogP contribution in [0.3, 0.4) is 0 Å². The first-order chi connectivity index (χ1) is 9.34. The molecular formula is C13H17Cl2NO3S. The molecule has 1 saturated heterocycles. The Balaban J connectivity index is 2.39. The van der Waals surface area contributed by atoms with E-state index in [9.17, 15) is 8.42 Å². The summed E-state index contributed by atoms with van der Waals surface area (Å²) in [6.45, 7) is 4.37. The van der Waals surface area contributed by atoms with Crippen molar-refractivity contribution in [3.8, 4) is 0 Å². The van der Waals surface area contributed by atoms with Crippen LogP contribution in [0.4, 0.5) is 0 Å². The number of nitrogens with zero attached hydrogens (tertiary/aromatic N) is 1. The van der Waals surface area contributed by atoms with Gasteiger partial charge in [-0.25, -0.2) is 8.42 Å². The Morgan fingerprint density at radius 2 is 1.90 bits per heavy atom. The van der Waals surface area contributed by atoms with Crippen LogP contribution in [0.25, 0.3) is 0 Å². The van der Waals surface area contributed by atoms with E-state index in [0.717, 1.165) is 5.56 Å². The number of sulfonamides is 1. The van der Waals surface area contributed by atoms with Gasteiger partial charge in [-0.1, -0.05) is 17.7 Å². The smallest absolute Gasteiger partial charge is 0.244 e. The molecule has 7 heteroatoms. The predicted molar refractivity (Wildman–Crippen MR) is 79.8 cm³/mol. The lowest BCUT2D eigenvalue weighted by Gasteiger charge is -2.34. The van der Waals surface area contributed by atoms with Gasteiger partial charge in [0.1, 0.15) is 4.90 Å². The van der Waals surface area contributed by atoms with Crippen LogP contribution in [0.15, 0.2) is 23.1 Å². The maximum atomic E-state index is 12.7. The molecule has 1 aromatic carbocycles. The maximum Gasteiger partial charge on any atom is 0.244 e. The second-order valence-corrected chi connectivity index (χ2v) is 7.56. The Labute approximate surface area is 129 Å². The molecule has 0 saturated carbocycles. The molecule has 1 heterocycles. The number of alkyl halides is 1. The van der Waals surface area contributed by atoms with Crippen LogP contribution in [0.5, 0.6) is 0 Å². The van der Waals surface area contributed by atoms with E-state index in [1.54, 1.807) is 12.1 Å². The summed E-state index contributed by atoms with van der Waals surface area (Å²) in [6.07, 6.45) is -0.271. The molecule has 1 aliphatic heterocycles. The number of benzene rings is 1. The van der Waals surface area contributed by atoms with Crippen molar-refractivity contribution in [1.82, 2.24) is 4.31 Å². The summed E-state index contributed by atoms with van der Waals surface area (Å²) in [5.74, 6) is 0.246. The zero-order valence-corrected chi connectivity index (χ0v) is 13.7. The van der Waals surface area contributed by atoms with Crippen molar-refractivity contribution in [3.63, 3.8) is 0 Å². The fraction of sp³-hybridized carbons (Fsp3) is 0.538. The van der Waals surface area contributed by atoms with Crippen LogP contribution in [0.2, 0.25) is 5.02 Å². The molecule has 1 fully saturated rings. The quantitative estimate of drug-likeness (QED) is 0.796. The van der Waals surface area contributed by atoms with E-state index in [1.165, 1.54) is 10.4 Å². The van der Waals surface area contributed by atoms with E-state index in [-0.39, 0.29) is 28.0 Å². The average molecular weight is 338 g/mol. The van der Waals surface area contributed by atoms with Crippen molar-refractivity contribution in [2.75, 3.05) is 13.1 Å². The van der Waals surface area contributed by atoms with E-state index in [4.69, 9.17) is 27.9 Å². The fourth-order valence-corrected chi connectivity index (χ4v) is 4.58. The molecular weight excluding hydrogens is 321 g/mol. The van der Waals surface area contributed by atoms with Crippen molar-refractivity contribution in [2.45, 2.75) is 36.8 Å². The van der Waals surface area contributed by atoms with E-state index in [0.29, 0.717) is 13.1 Å². The molecule has 0 spiro atoms. The molecule has 2 rings (SSSR count). The highest BCUT2D eigenvalue weighted by atomic mass is 35.5. The summed E-state index contributed by atoms with van der Waals surface area (Å²) >= 11 is 11.8. The fourth-order valence-electron chi connectivity index (χ4n) is 2.29. The highest BCUT2D eigenvalue weighted by Crippen LogP contribution is 2.28. The van der Waals surface area contributed by atoms with Crippen LogP contribution < -0.4 is 0 Å². The molecule has 0 bridgehead atoms. The van der Waals surface area contributed by atoms with Crippen LogP contribution >= 0.6 is 23.2 Å². The Hall–Kier alpha value is -0.330. The molecule has 2 unspecified atom stereocenters. The Kier molecular flexibility index (Phi) is 4.97. The number of ether oxygens (including phenoxy) is 1. The zero-order chi connectivity index (χ0) is 14.9. The van der Waals surface area contributed by atoms with Gasteiger partial charge >= 0.3 is 0 Å². The molecule has 0 aromatic heterocycles. The van der Waals surface area contributed by atoms with Gasteiger partial charge in [-0.2, -0.15) is 4.31 Å². The molecule has 20 heavy (non-hydrogen) atoms. The predicted octanol–water partition coefficient (Wildman–Crippen LogP) is 2.88. The van der Waals surface area contributed by atoms with Crippen LogP contribution in [0, 0.1) is 0 Å². The summed E-state index contributed by atoms with van der Waals surface area (Å²) in [5, 5.41) is 0.214. The normalized spacial score (nSPS) is 24.8. The summed E-state index contributed by atoms with van der Waals surface area (Å²) in [4.78, 5) is 0.110. The molecule has 1 aliphatic rings. The van der Waals surface area contributed by atoms with Crippen molar-refractivity contribution in [2.24, 2.45) is 0 Å². The highest BCUT2D eigenvalue weighted by molar-refractivity contribution is 7.89. The van der Waals surface area contributed by atoms with Gasteiger partial charge in [0.15, 0.2) is 0 Å². The summed E-state index contributed by atoms with van der Waals surface area (Å²) in [7, 11) is -3.63. The first-order valence-electron chi connectivity index (χ1n) is 6.34. The van der Waals surface area contributed by atoms with E-state index in [2.05, 4.69) is 0 Å². The molecule has 0 N–H and O–H groups in total. The largest absolute Gasteiger partial charge is 0.373 e. The lowest BCUT2D eigenvalue weighted by Crippen LogP contribution is -2.48. The maximum absolute atomic E-state index is 12.7. The first kappa shape index (κ1) is 16.0. The van der Waals surface area contributed by atoms with Gasteiger partial charge in [0.2, 0.25) is 10.0 Å². The van der Waals surface area contributed by atoms with Gasteiger partial charge in [-0.3, -0.25) is 0 Å². The lowest BCUT2D eigenvalue weighted by atomic mass is 10.2.